The van der Waals surface area contributed by atoms with Gasteiger partial charge in [-0.25, -0.2) is 9.07 Å². The fraction of sp³-hybridized carbons (Fsp3) is 0.0952. The van der Waals surface area contributed by atoms with E-state index >= 15 is 0 Å². The largest absolute Gasteiger partial charge is 0.366 e. The Bertz CT molecular complexity index is 1050. The molecule has 0 saturated heterocycles. The van der Waals surface area contributed by atoms with Crippen molar-refractivity contribution in [1.29, 1.82) is 0 Å². The van der Waals surface area contributed by atoms with Gasteiger partial charge in [-0.1, -0.05) is 0 Å². The molecule has 0 radical (unpaired) electrons. The molecule has 1 aromatic heterocycles. The van der Waals surface area contributed by atoms with Crippen molar-refractivity contribution in [3.8, 4) is 5.69 Å². The number of nitrogens with two attached hydrogens (primary N) is 1. The van der Waals surface area contributed by atoms with Crippen LogP contribution in [0.25, 0.3) is 11.8 Å². The Morgan fingerprint density at radius 2 is 1.71 bits per heavy atom. The van der Waals surface area contributed by atoms with Crippen LogP contribution in [-0.4, -0.2) is 21.6 Å². The number of aryl methyl sites for hydroxylation is 1. The standard InChI is InChI=1S/C21H19FN4O2/c1-13-19(14(2)26(25-13)18-9-5-16(22)6-10-18)11-12-20(27)24-17-7-3-15(4-8-17)21(23)28/h3-12H,1-2H3,(H2,23,28)(H,24,27)/b12-11+. The molecule has 3 rings (SSSR count). The number of benzene rings is 2. The van der Waals surface area contributed by atoms with Crippen LogP contribution >= 0.6 is 0 Å². The Balaban J connectivity index is 1.75. The second kappa shape index (κ2) is 7.87. The lowest BCUT2D eigenvalue weighted by Crippen LogP contribution is -2.11. The van der Waals surface area contributed by atoms with Crippen LogP contribution in [0.15, 0.2) is 54.6 Å². The van der Waals surface area contributed by atoms with Crippen molar-refractivity contribution in [2.24, 2.45) is 5.73 Å². The Morgan fingerprint density at radius 1 is 1.07 bits per heavy atom. The molecule has 0 saturated carbocycles. The van der Waals surface area contributed by atoms with Gasteiger partial charge in [-0.05, 0) is 68.5 Å². The maximum Gasteiger partial charge on any atom is 0.248 e. The highest BCUT2D eigenvalue weighted by Gasteiger charge is 2.11. The van der Waals surface area contributed by atoms with Gasteiger partial charge >= 0.3 is 0 Å². The lowest BCUT2D eigenvalue weighted by molar-refractivity contribution is -0.111. The molecule has 2 amide bonds. The van der Waals surface area contributed by atoms with Crippen molar-refractivity contribution in [2.75, 3.05) is 5.32 Å². The van der Waals surface area contributed by atoms with Gasteiger partial charge in [0.05, 0.1) is 11.4 Å². The van der Waals surface area contributed by atoms with Crippen LogP contribution in [-0.2, 0) is 4.79 Å². The van der Waals surface area contributed by atoms with Gasteiger partial charge < -0.3 is 11.1 Å². The van der Waals surface area contributed by atoms with Crippen molar-refractivity contribution in [3.63, 3.8) is 0 Å². The van der Waals surface area contributed by atoms with Crippen molar-refractivity contribution in [1.82, 2.24) is 9.78 Å². The van der Waals surface area contributed by atoms with Crippen molar-refractivity contribution in [2.45, 2.75) is 13.8 Å². The molecule has 0 aliphatic rings. The minimum absolute atomic E-state index is 0.314. The minimum atomic E-state index is -0.526. The molecule has 0 fully saturated rings. The summed E-state index contributed by atoms with van der Waals surface area (Å²) in [4.78, 5) is 23.3. The summed E-state index contributed by atoms with van der Waals surface area (Å²) in [6.45, 7) is 3.72. The predicted molar refractivity (Wildman–Crippen MR) is 106 cm³/mol. The summed E-state index contributed by atoms with van der Waals surface area (Å²) in [5, 5.41) is 7.18. The SMILES string of the molecule is Cc1nn(-c2ccc(F)cc2)c(C)c1/C=C/C(=O)Nc1ccc(C(N)=O)cc1. The first-order valence-electron chi connectivity index (χ1n) is 8.56. The van der Waals surface area contributed by atoms with E-state index in [1.165, 1.54) is 18.2 Å². The summed E-state index contributed by atoms with van der Waals surface area (Å²) < 4.78 is 14.8. The van der Waals surface area contributed by atoms with Crippen molar-refractivity contribution < 1.29 is 14.0 Å². The third-order valence-electron chi connectivity index (χ3n) is 4.26. The molecule has 0 aliphatic carbocycles. The zero-order valence-corrected chi connectivity index (χ0v) is 15.4. The van der Waals surface area contributed by atoms with Crippen LogP contribution in [0.1, 0.15) is 27.3 Å². The normalized spacial score (nSPS) is 11.0. The first kappa shape index (κ1) is 19.0. The number of halogens is 1. The molecule has 0 bridgehead atoms. The minimum Gasteiger partial charge on any atom is -0.366 e. The lowest BCUT2D eigenvalue weighted by Gasteiger charge is -2.04. The van der Waals surface area contributed by atoms with Gasteiger partial charge in [-0.2, -0.15) is 5.10 Å². The van der Waals surface area contributed by atoms with Gasteiger partial charge in [0, 0.05) is 28.6 Å². The smallest absolute Gasteiger partial charge is 0.248 e. The number of rotatable bonds is 5. The fourth-order valence-corrected chi connectivity index (χ4v) is 2.79. The van der Waals surface area contributed by atoms with Crippen LogP contribution in [0.2, 0.25) is 0 Å². The Hall–Kier alpha value is -3.74. The molecule has 6 nitrogen and oxygen atoms in total. The molecule has 3 N–H and O–H groups in total. The Kier molecular flexibility index (Phi) is 5.35. The highest BCUT2D eigenvalue weighted by atomic mass is 19.1. The summed E-state index contributed by atoms with van der Waals surface area (Å²) in [6, 6.07) is 12.3. The van der Waals surface area contributed by atoms with E-state index in [1.807, 2.05) is 13.8 Å². The number of carbonyl (C=O) groups excluding carboxylic acids is 2. The van der Waals surface area contributed by atoms with Gasteiger partial charge in [0.1, 0.15) is 5.82 Å². The molecule has 0 atom stereocenters. The number of amides is 2. The number of anilines is 1. The molecule has 142 valence electrons. The number of hydrogen-bond acceptors (Lipinski definition) is 3. The number of carbonyl (C=O) groups is 2. The van der Waals surface area contributed by atoms with Crippen LogP contribution in [0, 0.1) is 19.7 Å². The maximum absolute atomic E-state index is 13.1. The molecule has 7 heteroatoms. The van der Waals surface area contributed by atoms with Gasteiger partial charge in [-0.3, -0.25) is 9.59 Å². The van der Waals surface area contributed by atoms with E-state index in [4.69, 9.17) is 5.73 Å². The van der Waals surface area contributed by atoms with Crippen molar-refractivity contribution >= 4 is 23.6 Å². The molecule has 0 unspecified atom stereocenters. The number of nitrogens with zero attached hydrogens (tertiary/aromatic N) is 2. The van der Waals surface area contributed by atoms with E-state index in [9.17, 15) is 14.0 Å². The lowest BCUT2D eigenvalue weighted by atomic mass is 10.1. The zero-order valence-electron chi connectivity index (χ0n) is 15.4. The van der Waals surface area contributed by atoms with Crippen LogP contribution in [0.4, 0.5) is 10.1 Å². The van der Waals surface area contributed by atoms with Gasteiger partial charge in [0.2, 0.25) is 11.8 Å². The molecule has 0 spiro atoms. The third kappa shape index (κ3) is 4.15. The molecular formula is C21H19FN4O2. The summed E-state index contributed by atoms with van der Waals surface area (Å²) in [5.74, 6) is -1.16. The van der Waals surface area contributed by atoms with E-state index in [1.54, 1.807) is 47.2 Å². The van der Waals surface area contributed by atoms with Gasteiger partial charge in [0.25, 0.3) is 0 Å². The topological polar surface area (TPSA) is 90.0 Å². The van der Waals surface area contributed by atoms with E-state index in [0.717, 1.165) is 22.6 Å². The number of nitrogens with one attached hydrogen (secondary N) is 1. The van der Waals surface area contributed by atoms with E-state index in [0.29, 0.717) is 11.3 Å². The Labute approximate surface area is 161 Å². The quantitative estimate of drug-likeness (QED) is 0.667. The van der Waals surface area contributed by atoms with E-state index in [2.05, 4.69) is 10.4 Å². The number of hydrogen-bond donors (Lipinski definition) is 2. The highest BCUT2D eigenvalue weighted by molar-refractivity contribution is 6.02. The second-order valence-corrected chi connectivity index (χ2v) is 6.24. The second-order valence-electron chi connectivity index (χ2n) is 6.24. The molecular weight excluding hydrogens is 359 g/mol. The molecule has 0 aliphatic heterocycles. The predicted octanol–water partition coefficient (Wildman–Crippen LogP) is 3.38. The maximum atomic E-state index is 13.1. The summed E-state index contributed by atoms with van der Waals surface area (Å²) in [6.07, 6.45) is 3.10. The summed E-state index contributed by atoms with van der Waals surface area (Å²) >= 11 is 0. The van der Waals surface area contributed by atoms with E-state index < -0.39 is 5.91 Å². The molecule has 1 heterocycles. The van der Waals surface area contributed by atoms with E-state index in [-0.39, 0.29) is 11.7 Å². The third-order valence-corrected chi connectivity index (χ3v) is 4.26. The van der Waals surface area contributed by atoms with Crippen LogP contribution in [0.3, 0.4) is 0 Å². The van der Waals surface area contributed by atoms with Crippen molar-refractivity contribution in [3.05, 3.63) is 82.9 Å². The number of primary amides is 1. The van der Waals surface area contributed by atoms with Gasteiger partial charge in [-0.15, -0.1) is 0 Å². The van der Waals surface area contributed by atoms with Crippen LogP contribution < -0.4 is 11.1 Å². The first-order valence-corrected chi connectivity index (χ1v) is 8.56. The average Bonchev–Trinajstić information content (AvgIpc) is 2.95. The first-order chi connectivity index (χ1) is 13.3. The monoisotopic (exact) mass is 378 g/mol. The average molecular weight is 378 g/mol. The molecule has 2 aromatic carbocycles. The Morgan fingerprint density at radius 3 is 2.32 bits per heavy atom. The molecule has 3 aromatic rings. The number of aromatic nitrogens is 2. The summed E-state index contributed by atoms with van der Waals surface area (Å²) in [5.41, 5.74) is 9.24. The fourth-order valence-electron chi connectivity index (χ4n) is 2.79. The zero-order chi connectivity index (χ0) is 20.3. The molecule has 28 heavy (non-hydrogen) atoms. The van der Waals surface area contributed by atoms with Crippen LogP contribution in [0.5, 0.6) is 0 Å². The summed E-state index contributed by atoms with van der Waals surface area (Å²) in [7, 11) is 0. The van der Waals surface area contributed by atoms with Gasteiger partial charge in [0.15, 0.2) is 0 Å². The highest BCUT2D eigenvalue weighted by Crippen LogP contribution is 2.19.